The van der Waals surface area contributed by atoms with E-state index in [9.17, 15) is 0 Å². The molecule has 0 fully saturated rings. The van der Waals surface area contributed by atoms with Gasteiger partial charge in [0.25, 0.3) is 0 Å². The molecule has 0 atom stereocenters. The van der Waals surface area contributed by atoms with Gasteiger partial charge in [0.15, 0.2) is 17.5 Å². The zero-order valence-corrected chi connectivity index (χ0v) is 30.9. The highest BCUT2D eigenvalue weighted by atomic mass is 28.3. The summed E-state index contributed by atoms with van der Waals surface area (Å²) < 4.78 is 6.22. The van der Waals surface area contributed by atoms with Gasteiger partial charge < -0.3 is 4.42 Å². The standard InChI is InChI=1S/C48H37N3OSi/c1-53(2,3)40-27-25-32(26-28-40)34-15-9-16-35(29-34)36-17-10-18-37(30-36)38-19-11-20-39(31-38)47-49-46(33-13-5-4-6-14-33)50-48(51-47)42-22-12-24-44-45(42)41-21-7-8-23-43(41)52-44/h4-31H,1-3H3. The summed E-state index contributed by atoms with van der Waals surface area (Å²) in [5.41, 5.74) is 11.4. The Hall–Kier alpha value is -6.43. The van der Waals surface area contributed by atoms with Crippen molar-refractivity contribution >= 4 is 35.2 Å². The van der Waals surface area contributed by atoms with E-state index >= 15 is 0 Å². The molecule has 0 bridgehead atoms. The second kappa shape index (κ2) is 13.3. The molecule has 2 heterocycles. The first kappa shape index (κ1) is 32.5. The summed E-state index contributed by atoms with van der Waals surface area (Å²) in [6, 6.07) is 59.5. The molecular formula is C48H37N3OSi. The van der Waals surface area contributed by atoms with Gasteiger partial charge in [-0.05, 0) is 63.7 Å². The van der Waals surface area contributed by atoms with E-state index in [1.807, 2.05) is 60.7 Å². The van der Waals surface area contributed by atoms with Gasteiger partial charge in [-0.2, -0.15) is 0 Å². The molecular weight excluding hydrogens is 663 g/mol. The van der Waals surface area contributed by atoms with Crippen molar-refractivity contribution in [2.75, 3.05) is 0 Å². The monoisotopic (exact) mass is 699 g/mol. The molecule has 0 N–H and O–H groups in total. The smallest absolute Gasteiger partial charge is 0.164 e. The van der Waals surface area contributed by atoms with E-state index in [0.29, 0.717) is 17.5 Å². The molecule has 0 aliphatic carbocycles. The third kappa shape index (κ3) is 6.37. The Morgan fingerprint density at radius 2 is 0.849 bits per heavy atom. The number of para-hydroxylation sites is 1. The fourth-order valence-electron chi connectivity index (χ4n) is 7.06. The minimum atomic E-state index is -1.35. The lowest BCUT2D eigenvalue weighted by Crippen LogP contribution is -2.37. The average Bonchev–Trinajstić information content (AvgIpc) is 3.60. The van der Waals surface area contributed by atoms with Gasteiger partial charge in [-0.3, -0.25) is 0 Å². The number of hydrogen-bond acceptors (Lipinski definition) is 4. The van der Waals surface area contributed by atoms with E-state index in [1.54, 1.807) is 0 Å². The molecule has 0 aliphatic heterocycles. The highest BCUT2D eigenvalue weighted by Crippen LogP contribution is 2.37. The molecule has 0 unspecified atom stereocenters. The molecule has 4 nitrogen and oxygen atoms in total. The van der Waals surface area contributed by atoms with Crippen molar-refractivity contribution in [2.24, 2.45) is 0 Å². The van der Waals surface area contributed by atoms with Gasteiger partial charge in [0.1, 0.15) is 11.2 Å². The van der Waals surface area contributed by atoms with Crippen LogP contribution < -0.4 is 5.19 Å². The predicted molar refractivity (Wildman–Crippen MR) is 223 cm³/mol. The molecule has 7 aromatic carbocycles. The van der Waals surface area contributed by atoms with Crippen LogP contribution in [0.2, 0.25) is 19.6 Å². The third-order valence-corrected chi connectivity index (χ3v) is 12.0. The van der Waals surface area contributed by atoms with Crippen molar-refractivity contribution in [3.63, 3.8) is 0 Å². The quantitative estimate of drug-likeness (QED) is 0.155. The molecule has 9 aromatic rings. The van der Waals surface area contributed by atoms with Gasteiger partial charge in [-0.15, -0.1) is 0 Å². The van der Waals surface area contributed by atoms with Crippen LogP contribution in [0.15, 0.2) is 174 Å². The van der Waals surface area contributed by atoms with E-state index in [2.05, 4.69) is 129 Å². The van der Waals surface area contributed by atoms with Gasteiger partial charge in [0.2, 0.25) is 0 Å². The Labute approximate surface area is 310 Å². The Morgan fingerprint density at radius 3 is 1.49 bits per heavy atom. The van der Waals surface area contributed by atoms with Gasteiger partial charge in [0, 0.05) is 27.5 Å². The molecule has 254 valence electrons. The lowest BCUT2D eigenvalue weighted by atomic mass is 9.95. The van der Waals surface area contributed by atoms with E-state index in [1.165, 1.54) is 27.4 Å². The summed E-state index contributed by atoms with van der Waals surface area (Å²) in [6.45, 7) is 7.16. The van der Waals surface area contributed by atoms with E-state index in [0.717, 1.165) is 49.8 Å². The normalized spacial score (nSPS) is 11.7. The molecule has 0 saturated heterocycles. The van der Waals surface area contributed by atoms with Gasteiger partial charge in [0.05, 0.1) is 8.07 Å². The summed E-state index contributed by atoms with van der Waals surface area (Å²) in [6.07, 6.45) is 0. The number of aromatic nitrogens is 3. The lowest BCUT2D eigenvalue weighted by molar-refractivity contribution is 0.669. The van der Waals surface area contributed by atoms with Crippen LogP contribution in [0.3, 0.4) is 0 Å². The van der Waals surface area contributed by atoms with Crippen LogP contribution in [-0.2, 0) is 0 Å². The molecule has 0 radical (unpaired) electrons. The molecule has 0 saturated carbocycles. The maximum atomic E-state index is 6.22. The van der Waals surface area contributed by atoms with Crippen molar-refractivity contribution in [1.29, 1.82) is 0 Å². The first-order valence-electron chi connectivity index (χ1n) is 18.0. The molecule has 0 amide bonds. The van der Waals surface area contributed by atoms with Crippen LogP contribution in [0, 0.1) is 0 Å². The number of rotatable bonds is 7. The molecule has 5 heteroatoms. The van der Waals surface area contributed by atoms with Crippen molar-refractivity contribution in [3.8, 4) is 67.5 Å². The molecule has 53 heavy (non-hydrogen) atoms. The summed E-state index contributed by atoms with van der Waals surface area (Å²) in [7, 11) is -1.35. The van der Waals surface area contributed by atoms with Crippen molar-refractivity contribution in [3.05, 3.63) is 170 Å². The summed E-state index contributed by atoms with van der Waals surface area (Å²) >= 11 is 0. The van der Waals surface area contributed by atoms with Crippen LogP contribution in [0.4, 0.5) is 0 Å². The summed E-state index contributed by atoms with van der Waals surface area (Å²) in [4.78, 5) is 15.2. The lowest BCUT2D eigenvalue weighted by Gasteiger charge is -2.17. The fourth-order valence-corrected chi connectivity index (χ4v) is 8.23. The maximum Gasteiger partial charge on any atom is 0.164 e. The second-order valence-electron chi connectivity index (χ2n) is 14.5. The van der Waals surface area contributed by atoms with Crippen molar-refractivity contribution < 1.29 is 4.42 Å². The summed E-state index contributed by atoms with van der Waals surface area (Å²) in [5, 5.41) is 3.51. The number of hydrogen-bond donors (Lipinski definition) is 0. The molecule has 2 aromatic heterocycles. The third-order valence-electron chi connectivity index (χ3n) is 9.91. The largest absolute Gasteiger partial charge is 0.456 e. The number of nitrogens with zero attached hydrogens (tertiary/aromatic N) is 3. The fraction of sp³-hybridized carbons (Fsp3) is 0.0625. The Kier molecular flexibility index (Phi) is 8.13. The number of fused-ring (bicyclic) bond motifs is 3. The summed E-state index contributed by atoms with van der Waals surface area (Å²) in [5.74, 6) is 1.84. The Bertz CT molecular complexity index is 2760. The van der Waals surface area contributed by atoms with Crippen molar-refractivity contribution in [1.82, 2.24) is 15.0 Å². The van der Waals surface area contributed by atoms with Gasteiger partial charge in [-0.25, -0.2) is 15.0 Å². The van der Waals surface area contributed by atoms with Crippen molar-refractivity contribution in [2.45, 2.75) is 19.6 Å². The highest BCUT2D eigenvalue weighted by molar-refractivity contribution is 6.88. The average molecular weight is 700 g/mol. The number of benzene rings is 7. The molecule has 0 spiro atoms. The Morgan fingerprint density at radius 1 is 0.377 bits per heavy atom. The van der Waals surface area contributed by atoms with E-state index < -0.39 is 8.07 Å². The molecule has 9 rings (SSSR count). The first-order chi connectivity index (χ1) is 25.9. The first-order valence-corrected chi connectivity index (χ1v) is 21.5. The van der Waals surface area contributed by atoms with Crippen LogP contribution in [-0.4, -0.2) is 23.0 Å². The zero-order chi connectivity index (χ0) is 35.9. The second-order valence-corrected chi connectivity index (χ2v) is 19.6. The predicted octanol–water partition coefficient (Wildman–Crippen LogP) is 12.3. The number of furan rings is 1. The SMILES string of the molecule is C[Si](C)(C)c1ccc(-c2cccc(-c3cccc(-c4cccc(-c5nc(-c6ccccc6)nc(-c6cccc7oc8ccccc8c67)n5)c4)c3)c2)cc1. The van der Waals surface area contributed by atoms with E-state index in [4.69, 9.17) is 19.4 Å². The minimum absolute atomic E-state index is 0.605. The van der Waals surface area contributed by atoms with Crippen LogP contribution in [0.5, 0.6) is 0 Å². The minimum Gasteiger partial charge on any atom is -0.456 e. The van der Waals surface area contributed by atoms with Crippen LogP contribution in [0.1, 0.15) is 0 Å². The zero-order valence-electron chi connectivity index (χ0n) is 29.9. The topological polar surface area (TPSA) is 51.8 Å². The van der Waals surface area contributed by atoms with Gasteiger partial charge in [-0.1, -0.05) is 164 Å². The maximum absolute atomic E-state index is 6.22. The van der Waals surface area contributed by atoms with Crippen LogP contribution in [0.25, 0.3) is 89.5 Å². The molecule has 0 aliphatic rings. The van der Waals surface area contributed by atoms with Gasteiger partial charge >= 0.3 is 0 Å². The van der Waals surface area contributed by atoms with Crippen LogP contribution >= 0.6 is 0 Å². The Balaban J connectivity index is 1.11. The highest BCUT2D eigenvalue weighted by Gasteiger charge is 2.19. The van der Waals surface area contributed by atoms with E-state index in [-0.39, 0.29) is 0 Å².